The predicted octanol–water partition coefficient (Wildman–Crippen LogP) is 1.61. The van der Waals surface area contributed by atoms with Crippen LogP contribution in [0.25, 0.3) is 0 Å². The summed E-state index contributed by atoms with van der Waals surface area (Å²) >= 11 is 1.27. The molecule has 2 heterocycles. The second-order valence-corrected chi connectivity index (χ2v) is 6.34. The van der Waals surface area contributed by atoms with Crippen LogP contribution >= 0.6 is 11.3 Å². The van der Waals surface area contributed by atoms with Gasteiger partial charge in [0.2, 0.25) is 5.91 Å². The fourth-order valence-electron chi connectivity index (χ4n) is 2.18. The third kappa shape index (κ3) is 4.17. The topological polar surface area (TPSA) is 102 Å². The highest BCUT2D eigenvalue weighted by molar-refractivity contribution is 7.14. The number of hydrogen-bond acceptors (Lipinski definition) is 5. The molecule has 2 rings (SSSR count). The molecule has 0 aliphatic carbocycles. The first kappa shape index (κ1) is 17.2. The quantitative estimate of drug-likeness (QED) is 0.715. The van der Waals surface area contributed by atoms with Crippen molar-refractivity contribution in [3.8, 4) is 0 Å². The van der Waals surface area contributed by atoms with Gasteiger partial charge in [-0.3, -0.25) is 14.3 Å². The summed E-state index contributed by atoms with van der Waals surface area (Å²) in [5.74, 6) is -0.766. The highest BCUT2D eigenvalue weighted by atomic mass is 32.1. The Morgan fingerprint density at radius 3 is 2.70 bits per heavy atom. The molecular formula is C15H21N5O2S. The lowest BCUT2D eigenvalue weighted by atomic mass is 10.1. The van der Waals surface area contributed by atoms with Gasteiger partial charge in [-0.15, -0.1) is 11.3 Å². The van der Waals surface area contributed by atoms with Gasteiger partial charge in [0.1, 0.15) is 5.00 Å². The molecule has 0 radical (unpaired) electrons. The molecule has 0 aromatic carbocycles. The Morgan fingerprint density at radius 1 is 1.35 bits per heavy atom. The summed E-state index contributed by atoms with van der Waals surface area (Å²) in [5.41, 5.74) is 5.60. The van der Waals surface area contributed by atoms with Crippen molar-refractivity contribution in [3.05, 3.63) is 35.5 Å². The van der Waals surface area contributed by atoms with Crippen LogP contribution < -0.4 is 16.4 Å². The van der Waals surface area contributed by atoms with E-state index in [9.17, 15) is 9.59 Å². The first-order valence-electron chi connectivity index (χ1n) is 7.33. The van der Waals surface area contributed by atoms with Crippen molar-refractivity contribution < 1.29 is 9.59 Å². The molecule has 3 atom stereocenters. The average Bonchev–Trinajstić information content (AvgIpc) is 3.17. The molecule has 0 unspecified atom stereocenters. The number of carbonyl (C=O) groups is 2. The van der Waals surface area contributed by atoms with Crippen molar-refractivity contribution in [2.45, 2.75) is 38.9 Å². The fraction of sp³-hybridized carbons (Fsp3) is 0.400. The van der Waals surface area contributed by atoms with E-state index >= 15 is 0 Å². The largest absolute Gasteiger partial charge is 0.366 e. The highest BCUT2D eigenvalue weighted by Gasteiger charge is 2.21. The van der Waals surface area contributed by atoms with Crippen molar-refractivity contribution in [2.24, 2.45) is 5.73 Å². The third-order valence-electron chi connectivity index (χ3n) is 3.74. The van der Waals surface area contributed by atoms with E-state index in [-0.39, 0.29) is 18.0 Å². The zero-order valence-electron chi connectivity index (χ0n) is 13.3. The van der Waals surface area contributed by atoms with Gasteiger partial charge in [-0.25, -0.2) is 0 Å². The molecule has 23 heavy (non-hydrogen) atoms. The Bertz CT molecular complexity index is 667. The first-order valence-corrected chi connectivity index (χ1v) is 8.21. The summed E-state index contributed by atoms with van der Waals surface area (Å²) in [6.07, 6.45) is 3.61. The smallest absolute Gasteiger partial charge is 0.251 e. The maximum Gasteiger partial charge on any atom is 0.251 e. The highest BCUT2D eigenvalue weighted by Crippen LogP contribution is 2.22. The number of anilines is 1. The molecule has 0 spiro atoms. The van der Waals surface area contributed by atoms with Gasteiger partial charge in [0.25, 0.3) is 5.91 Å². The maximum atomic E-state index is 12.3. The van der Waals surface area contributed by atoms with Crippen molar-refractivity contribution in [1.82, 2.24) is 15.1 Å². The van der Waals surface area contributed by atoms with Crippen molar-refractivity contribution in [3.63, 3.8) is 0 Å². The van der Waals surface area contributed by atoms with Gasteiger partial charge in [0.05, 0.1) is 17.6 Å². The van der Waals surface area contributed by atoms with Crippen LogP contribution in [0.3, 0.4) is 0 Å². The van der Waals surface area contributed by atoms with E-state index in [1.165, 1.54) is 11.3 Å². The van der Waals surface area contributed by atoms with Gasteiger partial charge < -0.3 is 16.4 Å². The van der Waals surface area contributed by atoms with E-state index in [0.717, 1.165) is 0 Å². The summed E-state index contributed by atoms with van der Waals surface area (Å²) in [5, 5.41) is 12.4. The lowest BCUT2D eigenvalue weighted by Crippen LogP contribution is -2.45. The molecule has 124 valence electrons. The van der Waals surface area contributed by atoms with Crippen LogP contribution in [-0.2, 0) is 4.79 Å². The number of amides is 2. The van der Waals surface area contributed by atoms with Crippen molar-refractivity contribution in [1.29, 1.82) is 0 Å². The Morgan fingerprint density at radius 2 is 2.09 bits per heavy atom. The van der Waals surface area contributed by atoms with Crippen LogP contribution in [-0.4, -0.2) is 33.7 Å². The minimum absolute atomic E-state index is 0.0367. The number of aromatic nitrogens is 2. The van der Waals surface area contributed by atoms with Crippen LogP contribution in [0.5, 0.6) is 0 Å². The maximum absolute atomic E-state index is 12.3. The van der Waals surface area contributed by atoms with E-state index in [1.54, 1.807) is 24.6 Å². The minimum Gasteiger partial charge on any atom is -0.366 e. The molecule has 2 amide bonds. The normalized spacial score (nSPS) is 14.9. The zero-order chi connectivity index (χ0) is 17.0. The Hall–Kier alpha value is -2.19. The lowest BCUT2D eigenvalue weighted by Gasteiger charge is -2.25. The van der Waals surface area contributed by atoms with Crippen molar-refractivity contribution >= 4 is 28.2 Å². The zero-order valence-corrected chi connectivity index (χ0v) is 14.1. The second kappa shape index (κ2) is 7.38. The summed E-state index contributed by atoms with van der Waals surface area (Å²) < 4.78 is 1.84. The molecule has 0 saturated heterocycles. The molecule has 2 aromatic rings. The van der Waals surface area contributed by atoms with E-state index in [1.807, 2.05) is 30.8 Å². The van der Waals surface area contributed by atoms with Crippen LogP contribution in [0.15, 0.2) is 29.9 Å². The molecule has 2 aromatic heterocycles. The molecule has 0 aliphatic rings. The van der Waals surface area contributed by atoms with E-state index in [2.05, 4.69) is 15.7 Å². The van der Waals surface area contributed by atoms with Crippen LogP contribution in [0.1, 0.15) is 37.2 Å². The molecule has 4 N–H and O–H groups in total. The predicted molar refractivity (Wildman–Crippen MR) is 90.5 cm³/mol. The summed E-state index contributed by atoms with van der Waals surface area (Å²) in [6, 6.07) is 3.17. The molecule has 0 aliphatic heterocycles. The number of hydrogen-bond donors (Lipinski definition) is 3. The fourth-order valence-corrected chi connectivity index (χ4v) is 2.98. The molecule has 0 fully saturated rings. The number of carbonyl (C=O) groups excluding carboxylic acids is 2. The summed E-state index contributed by atoms with van der Waals surface area (Å²) in [6.45, 7) is 5.80. The Labute approximate surface area is 138 Å². The van der Waals surface area contributed by atoms with Gasteiger partial charge in [0, 0.05) is 18.4 Å². The van der Waals surface area contributed by atoms with E-state index < -0.39 is 11.9 Å². The van der Waals surface area contributed by atoms with Gasteiger partial charge >= 0.3 is 0 Å². The number of primary amides is 1. The molecule has 8 heteroatoms. The first-order chi connectivity index (χ1) is 10.9. The number of thiophene rings is 1. The lowest BCUT2D eigenvalue weighted by molar-refractivity contribution is -0.118. The van der Waals surface area contributed by atoms with Crippen molar-refractivity contribution in [2.75, 3.05) is 5.32 Å². The van der Waals surface area contributed by atoms with E-state index in [4.69, 9.17) is 5.73 Å². The number of rotatable bonds is 7. The molecule has 0 bridgehead atoms. The SMILES string of the molecule is C[C@H](N[C@@H](C)[C@H](C)n1cccn1)C(=O)Nc1sccc1C(N)=O. The van der Waals surface area contributed by atoms with Gasteiger partial charge in [-0.05, 0) is 38.3 Å². The third-order valence-corrected chi connectivity index (χ3v) is 4.57. The average molecular weight is 335 g/mol. The summed E-state index contributed by atoms with van der Waals surface area (Å²) in [4.78, 5) is 23.6. The summed E-state index contributed by atoms with van der Waals surface area (Å²) in [7, 11) is 0. The second-order valence-electron chi connectivity index (χ2n) is 5.42. The monoisotopic (exact) mass is 335 g/mol. The molecular weight excluding hydrogens is 314 g/mol. The minimum atomic E-state index is -0.553. The Balaban J connectivity index is 1.94. The van der Waals surface area contributed by atoms with Gasteiger partial charge in [-0.1, -0.05) is 0 Å². The van der Waals surface area contributed by atoms with E-state index in [0.29, 0.717) is 10.6 Å². The Kier molecular flexibility index (Phi) is 5.51. The van der Waals surface area contributed by atoms with Crippen LogP contribution in [0.4, 0.5) is 5.00 Å². The molecule has 7 nitrogen and oxygen atoms in total. The number of nitrogens with zero attached hydrogens (tertiary/aromatic N) is 2. The van der Waals surface area contributed by atoms with Gasteiger partial charge in [0.15, 0.2) is 0 Å². The van der Waals surface area contributed by atoms with Crippen LogP contribution in [0.2, 0.25) is 0 Å². The molecule has 0 saturated carbocycles. The van der Waals surface area contributed by atoms with Crippen LogP contribution in [0, 0.1) is 0 Å². The number of nitrogens with one attached hydrogen (secondary N) is 2. The van der Waals surface area contributed by atoms with Gasteiger partial charge in [-0.2, -0.15) is 5.10 Å². The number of nitrogens with two attached hydrogens (primary N) is 1. The standard InChI is InChI=1S/C15H21N5O2S/c1-9(11(3)20-7-4-6-17-20)18-10(2)14(22)19-15-12(13(16)21)5-8-23-15/h4-11,18H,1-3H3,(H2,16,21)(H,19,22)/t9-,10-,11-/m0/s1.